The van der Waals surface area contributed by atoms with Gasteiger partial charge in [-0.3, -0.25) is 4.79 Å². The predicted octanol–water partition coefficient (Wildman–Crippen LogP) is 3.49. The number of hydrogen-bond donors (Lipinski definition) is 1. The number of nitrogens with one attached hydrogen (secondary N) is 1. The Balaban J connectivity index is 2.22. The summed E-state index contributed by atoms with van der Waals surface area (Å²) >= 11 is 1.34. The lowest BCUT2D eigenvalue weighted by Crippen LogP contribution is -2.14. The first-order valence-corrected chi connectivity index (χ1v) is 7.59. The summed E-state index contributed by atoms with van der Waals surface area (Å²) in [6.07, 6.45) is 0. The van der Waals surface area contributed by atoms with E-state index in [1.807, 2.05) is 6.92 Å². The SMILES string of the molecule is CCOC(=O)c1cc(C)sc1NC(=O)c1cccc(OC)c1. The Bertz CT molecular complexity index is 693. The second kappa shape index (κ2) is 7.09. The maximum Gasteiger partial charge on any atom is 0.341 e. The van der Waals surface area contributed by atoms with Crippen molar-refractivity contribution in [1.29, 1.82) is 0 Å². The van der Waals surface area contributed by atoms with Gasteiger partial charge < -0.3 is 14.8 Å². The quantitative estimate of drug-likeness (QED) is 0.857. The van der Waals surface area contributed by atoms with Gasteiger partial charge in [0.25, 0.3) is 5.91 Å². The van der Waals surface area contributed by atoms with Gasteiger partial charge in [0.1, 0.15) is 10.8 Å². The Hall–Kier alpha value is -2.34. The van der Waals surface area contributed by atoms with Gasteiger partial charge in [-0.25, -0.2) is 4.79 Å². The first kappa shape index (κ1) is 16.0. The number of amides is 1. The number of rotatable bonds is 5. The molecule has 0 unspecified atom stereocenters. The Morgan fingerprint density at radius 2 is 2.05 bits per heavy atom. The number of carbonyl (C=O) groups is 2. The molecule has 0 saturated heterocycles. The molecule has 0 spiro atoms. The minimum atomic E-state index is -0.437. The average Bonchev–Trinajstić information content (AvgIpc) is 2.88. The van der Waals surface area contributed by atoms with E-state index in [9.17, 15) is 9.59 Å². The normalized spacial score (nSPS) is 10.1. The second-order valence-corrected chi connectivity index (χ2v) is 5.76. The van der Waals surface area contributed by atoms with Crippen LogP contribution in [-0.4, -0.2) is 25.6 Å². The predicted molar refractivity (Wildman–Crippen MR) is 86.0 cm³/mol. The number of aryl methyl sites for hydroxylation is 1. The van der Waals surface area contributed by atoms with Crippen molar-refractivity contribution >= 4 is 28.2 Å². The van der Waals surface area contributed by atoms with Crippen LogP contribution in [0.15, 0.2) is 30.3 Å². The maximum absolute atomic E-state index is 12.3. The van der Waals surface area contributed by atoms with E-state index in [-0.39, 0.29) is 12.5 Å². The summed E-state index contributed by atoms with van der Waals surface area (Å²) in [6.45, 7) is 3.90. The van der Waals surface area contributed by atoms with Gasteiger partial charge >= 0.3 is 5.97 Å². The number of methoxy groups -OCH3 is 1. The Kier molecular flexibility index (Phi) is 5.16. The molecule has 0 bridgehead atoms. The molecule has 5 nitrogen and oxygen atoms in total. The third-order valence-corrected chi connectivity index (χ3v) is 3.88. The van der Waals surface area contributed by atoms with E-state index < -0.39 is 5.97 Å². The van der Waals surface area contributed by atoms with E-state index in [0.717, 1.165) is 4.88 Å². The molecule has 0 radical (unpaired) electrons. The number of benzene rings is 1. The van der Waals surface area contributed by atoms with Crippen molar-refractivity contribution in [2.45, 2.75) is 13.8 Å². The molecule has 0 aliphatic rings. The Morgan fingerprint density at radius 1 is 1.27 bits per heavy atom. The van der Waals surface area contributed by atoms with Crippen LogP contribution in [-0.2, 0) is 4.74 Å². The van der Waals surface area contributed by atoms with E-state index in [1.165, 1.54) is 11.3 Å². The lowest BCUT2D eigenvalue weighted by molar-refractivity contribution is 0.0528. The molecule has 2 aromatic rings. The molecular formula is C16H17NO4S. The molecule has 0 fully saturated rings. The van der Waals surface area contributed by atoms with Crippen LogP contribution < -0.4 is 10.1 Å². The molecule has 0 atom stereocenters. The summed E-state index contributed by atoms with van der Waals surface area (Å²) in [5.41, 5.74) is 0.834. The fraction of sp³-hybridized carbons (Fsp3) is 0.250. The van der Waals surface area contributed by atoms with Crippen molar-refractivity contribution < 1.29 is 19.1 Å². The first-order chi connectivity index (χ1) is 10.5. The fourth-order valence-corrected chi connectivity index (χ4v) is 2.80. The smallest absolute Gasteiger partial charge is 0.341 e. The summed E-state index contributed by atoms with van der Waals surface area (Å²) in [5, 5.41) is 3.25. The summed E-state index contributed by atoms with van der Waals surface area (Å²) < 4.78 is 10.1. The van der Waals surface area contributed by atoms with Crippen LogP contribution in [0.4, 0.5) is 5.00 Å². The zero-order chi connectivity index (χ0) is 16.1. The van der Waals surface area contributed by atoms with Crippen molar-refractivity contribution in [2.24, 2.45) is 0 Å². The third-order valence-electron chi connectivity index (χ3n) is 2.91. The van der Waals surface area contributed by atoms with E-state index >= 15 is 0 Å². The van der Waals surface area contributed by atoms with E-state index in [0.29, 0.717) is 21.9 Å². The van der Waals surface area contributed by atoms with Crippen LogP contribution in [0, 0.1) is 6.92 Å². The minimum absolute atomic E-state index is 0.289. The van der Waals surface area contributed by atoms with Crippen molar-refractivity contribution in [2.75, 3.05) is 19.0 Å². The second-order valence-electron chi connectivity index (χ2n) is 4.51. The summed E-state index contributed by atoms with van der Waals surface area (Å²) in [5.74, 6) is -0.139. The summed E-state index contributed by atoms with van der Waals surface area (Å²) in [4.78, 5) is 25.1. The molecule has 116 valence electrons. The van der Waals surface area contributed by atoms with E-state index in [1.54, 1.807) is 44.4 Å². The molecule has 0 aliphatic carbocycles. The third kappa shape index (κ3) is 3.65. The van der Waals surface area contributed by atoms with Crippen molar-refractivity contribution in [3.8, 4) is 5.75 Å². The van der Waals surface area contributed by atoms with Gasteiger partial charge in [0.2, 0.25) is 0 Å². The van der Waals surface area contributed by atoms with Crippen LogP contribution in [0.5, 0.6) is 5.75 Å². The van der Waals surface area contributed by atoms with E-state index in [4.69, 9.17) is 9.47 Å². The highest BCUT2D eigenvalue weighted by atomic mass is 32.1. The number of ether oxygens (including phenoxy) is 2. The molecule has 1 aromatic heterocycles. The molecule has 1 amide bonds. The number of carbonyl (C=O) groups excluding carboxylic acids is 2. The molecule has 0 saturated carbocycles. The number of esters is 1. The molecule has 0 aliphatic heterocycles. The minimum Gasteiger partial charge on any atom is -0.497 e. The highest BCUT2D eigenvalue weighted by Crippen LogP contribution is 2.29. The highest BCUT2D eigenvalue weighted by molar-refractivity contribution is 7.16. The van der Waals surface area contributed by atoms with Crippen LogP contribution in [0.2, 0.25) is 0 Å². The molecule has 22 heavy (non-hydrogen) atoms. The van der Waals surface area contributed by atoms with Gasteiger partial charge in [0.15, 0.2) is 0 Å². The topological polar surface area (TPSA) is 64.6 Å². The van der Waals surface area contributed by atoms with Crippen molar-refractivity contribution in [3.05, 3.63) is 46.3 Å². The maximum atomic E-state index is 12.3. The van der Waals surface area contributed by atoms with Crippen LogP contribution in [0.1, 0.15) is 32.5 Å². The molecule has 1 aromatic carbocycles. The Labute approximate surface area is 132 Å². The van der Waals surface area contributed by atoms with Gasteiger partial charge in [-0.15, -0.1) is 11.3 Å². The number of hydrogen-bond acceptors (Lipinski definition) is 5. The zero-order valence-corrected chi connectivity index (χ0v) is 13.5. The summed E-state index contributed by atoms with van der Waals surface area (Å²) in [6, 6.07) is 8.53. The van der Waals surface area contributed by atoms with E-state index in [2.05, 4.69) is 5.32 Å². The van der Waals surface area contributed by atoms with Crippen LogP contribution in [0.25, 0.3) is 0 Å². The molecule has 6 heteroatoms. The van der Waals surface area contributed by atoms with Gasteiger partial charge in [0, 0.05) is 10.4 Å². The molecule has 2 rings (SSSR count). The summed E-state index contributed by atoms with van der Waals surface area (Å²) in [7, 11) is 1.54. The monoisotopic (exact) mass is 319 g/mol. The van der Waals surface area contributed by atoms with Gasteiger partial charge in [0.05, 0.1) is 19.3 Å². The van der Waals surface area contributed by atoms with Gasteiger partial charge in [-0.1, -0.05) is 6.07 Å². The lowest BCUT2D eigenvalue weighted by Gasteiger charge is -2.07. The van der Waals surface area contributed by atoms with Crippen molar-refractivity contribution in [3.63, 3.8) is 0 Å². The standard InChI is InChI=1S/C16H17NO4S/c1-4-21-16(19)13-8-10(2)22-15(13)17-14(18)11-6-5-7-12(9-11)20-3/h5-9H,4H2,1-3H3,(H,17,18). The first-order valence-electron chi connectivity index (χ1n) is 6.78. The number of anilines is 1. The van der Waals surface area contributed by atoms with Crippen molar-refractivity contribution in [1.82, 2.24) is 0 Å². The fourth-order valence-electron chi connectivity index (χ4n) is 1.91. The molecular weight excluding hydrogens is 302 g/mol. The average molecular weight is 319 g/mol. The number of thiophene rings is 1. The van der Waals surface area contributed by atoms with Crippen LogP contribution >= 0.6 is 11.3 Å². The zero-order valence-electron chi connectivity index (χ0n) is 12.6. The largest absolute Gasteiger partial charge is 0.497 e. The van der Waals surface area contributed by atoms with Gasteiger partial charge in [-0.2, -0.15) is 0 Å². The molecule has 1 N–H and O–H groups in total. The van der Waals surface area contributed by atoms with Crippen LogP contribution in [0.3, 0.4) is 0 Å². The van der Waals surface area contributed by atoms with Gasteiger partial charge in [-0.05, 0) is 38.1 Å². The molecule has 1 heterocycles. The lowest BCUT2D eigenvalue weighted by atomic mass is 10.2. The highest BCUT2D eigenvalue weighted by Gasteiger charge is 2.18. The Morgan fingerprint density at radius 3 is 2.73 bits per heavy atom.